The third-order valence-electron chi connectivity index (χ3n) is 0.129. The van der Waals surface area contributed by atoms with Crippen LogP contribution in [0.3, 0.4) is 0 Å². The van der Waals surface area contributed by atoms with Crippen LogP contribution in [0, 0.1) is 0 Å². The predicted molar refractivity (Wildman–Crippen MR) is 65.4 cm³/mol. The third kappa shape index (κ3) is 2230. The monoisotopic (exact) mass is 238 g/mol. The summed E-state index contributed by atoms with van der Waals surface area (Å²) in [6.45, 7) is -0.431. The summed E-state index contributed by atoms with van der Waals surface area (Å²) < 4.78 is 4.10. The van der Waals surface area contributed by atoms with E-state index in [2.05, 4.69) is 4.74 Å². The standard InChI is InChI=1S/C2H6O2.CH2O2.CH8Si2.3H3N/c1-4-2-3;2*2-1-3;;;/h3H,2H2,1H3;1H,(H,2,3);1H2,2-3H3;3*1H3/p+3. The lowest BCUT2D eigenvalue weighted by atomic mass is 11.4. The van der Waals surface area contributed by atoms with Crippen LogP contribution >= 0.6 is 0 Å². The van der Waals surface area contributed by atoms with Crippen LogP contribution in [0.25, 0.3) is 0 Å². The first-order valence-corrected chi connectivity index (χ1v) is 5.75. The molecule has 0 aliphatic carbocycles. The maximum atomic E-state index is 8.36. The number of ether oxygens (including phenoxy) is 1. The molecule has 0 atom stereocenters. The number of aliphatic hydroxyl groups is 1. The van der Waals surface area contributed by atoms with E-state index in [1.54, 1.807) is 0 Å². The second kappa shape index (κ2) is 97.7. The van der Waals surface area contributed by atoms with E-state index in [1.165, 1.54) is 33.3 Å². The number of hydrogen-bond donors (Lipinski definition) is 5. The van der Waals surface area contributed by atoms with Crippen LogP contribution in [0.15, 0.2) is 0 Å². The Bertz CT molecular complexity index is 52.4. The molecule has 0 bridgehead atoms. The summed E-state index contributed by atoms with van der Waals surface area (Å²) >= 11 is 0. The van der Waals surface area contributed by atoms with E-state index >= 15 is 0 Å². The molecule has 0 rings (SSSR count). The zero-order valence-electron chi connectivity index (χ0n) is 9.70. The molecule has 0 aromatic carbocycles. The van der Waals surface area contributed by atoms with Gasteiger partial charge in [0.25, 0.3) is 6.47 Å². The van der Waals surface area contributed by atoms with Gasteiger partial charge in [0.05, 0.1) is 0 Å². The van der Waals surface area contributed by atoms with E-state index < -0.39 is 0 Å². The van der Waals surface area contributed by atoms with Crippen molar-refractivity contribution in [3.05, 3.63) is 0 Å². The highest BCUT2D eigenvalue weighted by molar-refractivity contribution is 6.31. The van der Waals surface area contributed by atoms with Crippen molar-refractivity contribution in [1.82, 2.24) is 18.5 Å². The lowest BCUT2D eigenvalue weighted by molar-refractivity contribution is -0.122. The molecule has 0 amide bonds. The molecular weight excluding hydrogens is 210 g/mol. The summed E-state index contributed by atoms with van der Waals surface area (Å²) in [5.74, 6) is 0. The van der Waals surface area contributed by atoms with Gasteiger partial charge in [0.15, 0.2) is 0 Å². The average Bonchev–Trinajstić information content (AvgIpc) is 1.91. The lowest BCUT2D eigenvalue weighted by Gasteiger charge is -1.76. The summed E-state index contributed by atoms with van der Waals surface area (Å²) in [4.78, 5) is 8.36. The molecule has 0 spiro atoms. The fourth-order valence-electron chi connectivity index (χ4n) is 0. The Labute approximate surface area is 85.5 Å². The predicted octanol–water partition coefficient (Wildman–Crippen LogP) is -1.50. The Morgan fingerprint density at radius 2 is 1.38 bits per heavy atom. The van der Waals surface area contributed by atoms with E-state index in [-0.39, 0.29) is 31.7 Å². The minimum atomic E-state index is -0.250. The maximum absolute atomic E-state index is 8.36. The zero-order chi connectivity index (χ0) is 8.83. The van der Waals surface area contributed by atoms with Crippen LogP contribution in [0.1, 0.15) is 0 Å². The fourth-order valence-corrected chi connectivity index (χ4v) is 0. The van der Waals surface area contributed by atoms with Gasteiger partial charge in [-0.15, -0.1) is 0 Å². The number of carbonyl (C=O) groups is 1. The topological polar surface area (TPSA) is 176 Å². The lowest BCUT2D eigenvalue weighted by Crippen LogP contribution is -1.79. The van der Waals surface area contributed by atoms with Gasteiger partial charge in [-0.25, -0.2) is 0 Å². The summed E-state index contributed by atoms with van der Waals surface area (Å²) in [6, 6.07) is 0. The van der Waals surface area contributed by atoms with Gasteiger partial charge in [0.1, 0.15) is 6.79 Å². The number of methoxy groups -OCH3 is 1. The van der Waals surface area contributed by atoms with Crippen molar-refractivity contribution >= 4 is 27.0 Å². The third-order valence-corrected chi connectivity index (χ3v) is 0.129. The van der Waals surface area contributed by atoms with Gasteiger partial charge in [0.2, 0.25) is 0 Å². The van der Waals surface area contributed by atoms with Gasteiger partial charge in [-0.2, -0.15) is 0 Å². The Morgan fingerprint density at radius 3 is 1.38 bits per heavy atom. The van der Waals surface area contributed by atoms with Gasteiger partial charge >= 0.3 is 0 Å². The Morgan fingerprint density at radius 1 is 1.31 bits per heavy atom. The number of carboxylic acid groups (broad SMARTS) is 1. The highest BCUT2D eigenvalue weighted by Gasteiger charge is 1.51. The van der Waals surface area contributed by atoms with Gasteiger partial charge < -0.3 is 33.4 Å². The molecule has 9 heteroatoms. The first-order chi connectivity index (χ1) is 4.74. The van der Waals surface area contributed by atoms with E-state index in [9.17, 15) is 0 Å². The largest absolute Gasteiger partial charge is 0.483 e. The molecular formula is C4H28N3O4Si2+3. The van der Waals surface area contributed by atoms with Crippen LogP contribution in [0.4, 0.5) is 0 Å². The Balaban J connectivity index is -0.0000000128. The molecule has 7 nitrogen and oxygen atoms in total. The molecule has 0 aliphatic heterocycles. The number of quaternary nitrogens is 3. The number of rotatable bonds is 1. The van der Waals surface area contributed by atoms with E-state index in [0.29, 0.717) is 0 Å². The van der Waals surface area contributed by atoms with Crippen LogP contribution in [0.2, 0.25) is 5.67 Å². The first-order valence-electron chi connectivity index (χ1n) is 2.92. The maximum Gasteiger partial charge on any atom is 0.290 e. The first kappa shape index (κ1) is 38.7. The summed E-state index contributed by atoms with van der Waals surface area (Å²) in [5.41, 5.74) is 1.53. The molecule has 0 heterocycles. The highest BCUT2D eigenvalue weighted by atomic mass is 28.2. The summed E-state index contributed by atoms with van der Waals surface area (Å²) in [6.07, 6.45) is 0. The molecule has 0 radical (unpaired) electrons. The van der Waals surface area contributed by atoms with Crippen LogP contribution in [-0.4, -0.2) is 51.1 Å². The molecule has 88 valence electrons. The average molecular weight is 238 g/mol. The second-order valence-corrected chi connectivity index (χ2v) is 6.89. The fraction of sp³-hybridized carbons (Fsp3) is 0.750. The molecule has 13 heavy (non-hydrogen) atoms. The smallest absolute Gasteiger partial charge is 0.290 e. The summed E-state index contributed by atoms with van der Waals surface area (Å²) in [7, 11) is 4.29. The van der Waals surface area contributed by atoms with Crippen molar-refractivity contribution in [2.45, 2.75) is 5.67 Å². The van der Waals surface area contributed by atoms with Crippen LogP contribution < -0.4 is 18.5 Å². The van der Waals surface area contributed by atoms with Crippen molar-refractivity contribution in [3.8, 4) is 0 Å². The minimum absolute atomic E-state index is 0. The van der Waals surface area contributed by atoms with Crippen molar-refractivity contribution < 1.29 is 19.7 Å². The molecule has 0 aromatic rings. The molecule has 14 N–H and O–H groups in total. The number of hydrogen-bond acceptors (Lipinski definition) is 3. The van der Waals surface area contributed by atoms with Gasteiger partial charge in [-0.3, -0.25) is 4.79 Å². The van der Waals surface area contributed by atoms with E-state index in [1.807, 2.05) is 0 Å². The van der Waals surface area contributed by atoms with Crippen LogP contribution in [0.5, 0.6) is 0 Å². The quantitative estimate of drug-likeness (QED) is 0.212. The van der Waals surface area contributed by atoms with Gasteiger partial charge in [-0.1, -0.05) is 5.67 Å². The Kier molecular flexibility index (Phi) is 291. The van der Waals surface area contributed by atoms with E-state index in [4.69, 9.17) is 15.0 Å². The van der Waals surface area contributed by atoms with Gasteiger partial charge in [0, 0.05) is 7.11 Å². The highest BCUT2D eigenvalue weighted by Crippen LogP contribution is 1.46. The Hall–Kier alpha value is -0.296. The minimum Gasteiger partial charge on any atom is -0.483 e. The normalized spacial score (nSPS) is 5.08. The van der Waals surface area contributed by atoms with Crippen molar-refractivity contribution in [2.24, 2.45) is 0 Å². The summed E-state index contributed by atoms with van der Waals surface area (Å²) in [5, 5.41) is 14.5. The molecule has 0 aromatic heterocycles. The second-order valence-electron chi connectivity index (χ2n) is 1.23. The van der Waals surface area contributed by atoms with Crippen molar-refractivity contribution in [2.75, 3.05) is 13.9 Å². The zero-order valence-corrected chi connectivity index (χ0v) is 13.7. The molecule has 0 saturated carbocycles. The molecule has 0 aliphatic rings. The molecule has 0 fully saturated rings. The van der Waals surface area contributed by atoms with Crippen molar-refractivity contribution in [3.63, 3.8) is 0 Å². The van der Waals surface area contributed by atoms with Gasteiger partial charge in [-0.05, 0) is 20.5 Å². The SMILES string of the molecule is COCO.O=CO.[NH4+].[NH4+].[NH4+].[SiH3]C[SiH3]. The van der Waals surface area contributed by atoms with Crippen molar-refractivity contribution in [1.29, 1.82) is 0 Å². The molecule has 0 unspecified atom stereocenters. The molecule has 0 saturated heterocycles. The van der Waals surface area contributed by atoms with E-state index in [0.717, 1.165) is 0 Å². The number of aliphatic hydroxyl groups excluding tert-OH is 1. The van der Waals surface area contributed by atoms with Crippen LogP contribution in [-0.2, 0) is 9.53 Å².